The first-order valence-electron chi connectivity index (χ1n) is 6.44. The summed E-state index contributed by atoms with van der Waals surface area (Å²) in [4.78, 5) is 0. The lowest BCUT2D eigenvalue weighted by molar-refractivity contribution is -0.137. The maximum Gasteiger partial charge on any atom is 0.416 e. The molecule has 0 aliphatic heterocycles. The van der Waals surface area contributed by atoms with E-state index in [0.29, 0.717) is 16.7 Å². The van der Waals surface area contributed by atoms with Crippen molar-refractivity contribution in [3.63, 3.8) is 0 Å². The molecule has 0 heterocycles. The first-order valence-corrected chi connectivity index (χ1v) is 6.44. The van der Waals surface area contributed by atoms with Gasteiger partial charge in [0.15, 0.2) is 0 Å². The molecule has 2 rings (SSSR count). The Morgan fingerprint density at radius 3 is 2.33 bits per heavy atom. The minimum absolute atomic E-state index is 0.330. The van der Waals surface area contributed by atoms with E-state index in [2.05, 4.69) is 5.32 Å². The summed E-state index contributed by atoms with van der Waals surface area (Å²) in [6, 6.07) is 9.18. The molecule has 0 fully saturated rings. The second-order valence-corrected chi connectivity index (χ2v) is 4.82. The Hall–Kier alpha value is -1.88. The van der Waals surface area contributed by atoms with Crippen LogP contribution in [0.2, 0.25) is 0 Å². The average molecular weight is 297 g/mol. The number of aryl methyl sites for hydroxylation is 1. The van der Waals surface area contributed by atoms with Gasteiger partial charge in [-0.3, -0.25) is 0 Å². The lowest BCUT2D eigenvalue weighted by Crippen LogP contribution is -2.20. The molecule has 1 N–H and O–H groups in total. The molecule has 0 saturated heterocycles. The molecule has 1 atom stereocenters. The van der Waals surface area contributed by atoms with E-state index in [9.17, 15) is 17.6 Å². The molecule has 112 valence electrons. The Balaban J connectivity index is 2.49. The third kappa shape index (κ3) is 3.24. The maximum atomic E-state index is 14.2. The van der Waals surface area contributed by atoms with E-state index < -0.39 is 23.6 Å². The Labute approximate surface area is 120 Å². The van der Waals surface area contributed by atoms with E-state index in [-0.39, 0.29) is 0 Å². The molecular weight excluding hydrogens is 282 g/mol. The minimum Gasteiger partial charge on any atom is -0.309 e. The third-order valence-corrected chi connectivity index (χ3v) is 3.37. The molecule has 5 heteroatoms. The van der Waals surface area contributed by atoms with Gasteiger partial charge >= 0.3 is 6.18 Å². The van der Waals surface area contributed by atoms with Gasteiger partial charge in [-0.1, -0.05) is 30.3 Å². The molecule has 21 heavy (non-hydrogen) atoms. The molecule has 1 unspecified atom stereocenters. The number of rotatable bonds is 3. The van der Waals surface area contributed by atoms with Crippen LogP contribution in [-0.2, 0) is 6.18 Å². The Morgan fingerprint density at radius 1 is 1.05 bits per heavy atom. The number of hydrogen-bond acceptors (Lipinski definition) is 1. The van der Waals surface area contributed by atoms with Crippen molar-refractivity contribution in [1.29, 1.82) is 0 Å². The van der Waals surface area contributed by atoms with Gasteiger partial charge in [0.1, 0.15) is 5.82 Å². The summed E-state index contributed by atoms with van der Waals surface area (Å²) in [7, 11) is 1.59. The van der Waals surface area contributed by atoms with Crippen molar-refractivity contribution in [2.75, 3.05) is 7.05 Å². The van der Waals surface area contributed by atoms with Crippen LogP contribution in [-0.4, -0.2) is 7.05 Å². The maximum absolute atomic E-state index is 14.2. The molecule has 2 aromatic carbocycles. The molecule has 0 radical (unpaired) electrons. The van der Waals surface area contributed by atoms with E-state index >= 15 is 0 Å². The molecule has 0 bridgehead atoms. The normalized spacial score (nSPS) is 13.2. The highest BCUT2D eigenvalue weighted by Crippen LogP contribution is 2.32. The molecule has 0 aliphatic rings. The highest BCUT2D eigenvalue weighted by Gasteiger charge is 2.31. The van der Waals surface area contributed by atoms with Gasteiger partial charge in [0.2, 0.25) is 0 Å². The van der Waals surface area contributed by atoms with Crippen LogP contribution in [0.25, 0.3) is 0 Å². The second-order valence-electron chi connectivity index (χ2n) is 4.82. The highest BCUT2D eigenvalue weighted by atomic mass is 19.4. The average Bonchev–Trinajstić information content (AvgIpc) is 2.44. The highest BCUT2D eigenvalue weighted by molar-refractivity contribution is 5.37. The molecule has 2 aromatic rings. The monoisotopic (exact) mass is 297 g/mol. The fraction of sp³-hybridized carbons (Fsp3) is 0.250. The van der Waals surface area contributed by atoms with Crippen LogP contribution >= 0.6 is 0 Å². The van der Waals surface area contributed by atoms with Crippen molar-refractivity contribution < 1.29 is 17.6 Å². The third-order valence-electron chi connectivity index (χ3n) is 3.37. The van der Waals surface area contributed by atoms with E-state index in [4.69, 9.17) is 0 Å². The summed E-state index contributed by atoms with van der Waals surface area (Å²) in [6.07, 6.45) is -4.42. The van der Waals surface area contributed by atoms with Gasteiger partial charge in [-0.2, -0.15) is 13.2 Å². The van der Waals surface area contributed by atoms with Crippen molar-refractivity contribution in [2.45, 2.75) is 19.1 Å². The topological polar surface area (TPSA) is 12.0 Å². The van der Waals surface area contributed by atoms with Crippen molar-refractivity contribution in [3.8, 4) is 0 Å². The zero-order valence-electron chi connectivity index (χ0n) is 11.6. The van der Waals surface area contributed by atoms with Gasteiger partial charge in [0, 0.05) is 5.56 Å². The second kappa shape index (κ2) is 5.85. The smallest absolute Gasteiger partial charge is 0.309 e. The standard InChI is InChI=1S/C16H15F4N/c1-10-5-3-8-13(14(10)17)15(21-2)11-6-4-7-12(9-11)16(18,19)20/h3-9,15,21H,1-2H3. The molecule has 0 spiro atoms. The summed E-state index contributed by atoms with van der Waals surface area (Å²) in [6.45, 7) is 1.62. The molecule has 0 saturated carbocycles. The fourth-order valence-corrected chi connectivity index (χ4v) is 2.29. The predicted molar refractivity (Wildman–Crippen MR) is 73.5 cm³/mol. The van der Waals surface area contributed by atoms with Crippen molar-refractivity contribution >= 4 is 0 Å². The van der Waals surface area contributed by atoms with Crippen LogP contribution in [0.15, 0.2) is 42.5 Å². The lowest BCUT2D eigenvalue weighted by atomic mass is 9.95. The van der Waals surface area contributed by atoms with Crippen LogP contribution in [0, 0.1) is 12.7 Å². The van der Waals surface area contributed by atoms with Gasteiger partial charge < -0.3 is 5.32 Å². The summed E-state index contributed by atoms with van der Waals surface area (Å²) in [5, 5.41) is 2.87. The lowest BCUT2D eigenvalue weighted by Gasteiger charge is -2.20. The van der Waals surface area contributed by atoms with Crippen LogP contribution in [0.3, 0.4) is 0 Å². The number of nitrogens with one attached hydrogen (secondary N) is 1. The minimum atomic E-state index is -4.42. The Bertz CT molecular complexity index is 634. The summed E-state index contributed by atoms with van der Waals surface area (Å²) < 4.78 is 52.6. The number of hydrogen-bond donors (Lipinski definition) is 1. The number of benzene rings is 2. The SMILES string of the molecule is CNC(c1cccc(C(F)(F)F)c1)c1cccc(C)c1F. The predicted octanol–water partition coefficient (Wildman–Crippen LogP) is 4.46. The van der Waals surface area contributed by atoms with Crippen molar-refractivity contribution in [3.05, 3.63) is 70.5 Å². The summed E-state index contributed by atoms with van der Waals surface area (Å²) in [5.74, 6) is -0.408. The fourth-order valence-electron chi connectivity index (χ4n) is 2.29. The van der Waals surface area contributed by atoms with Gasteiger partial charge in [-0.05, 0) is 37.2 Å². The number of alkyl halides is 3. The van der Waals surface area contributed by atoms with Gasteiger partial charge in [0.25, 0.3) is 0 Å². The van der Waals surface area contributed by atoms with E-state index in [1.807, 2.05) is 0 Å². The summed E-state index contributed by atoms with van der Waals surface area (Å²) >= 11 is 0. The van der Waals surface area contributed by atoms with Crippen LogP contribution in [0.1, 0.15) is 28.3 Å². The van der Waals surface area contributed by atoms with Crippen molar-refractivity contribution in [2.24, 2.45) is 0 Å². The Morgan fingerprint density at radius 2 is 1.71 bits per heavy atom. The largest absolute Gasteiger partial charge is 0.416 e. The molecule has 0 aromatic heterocycles. The van der Waals surface area contributed by atoms with Crippen LogP contribution in [0.4, 0.5) is 17.6 Å². The first kappa shape index (κ1) is 15.5. The van der Waals surface area contributed by atoms with Gasteiger partial charge in [-0.25, -0.2) is 4.39 Å². The first-order chi connectivity index (χ1) is 9.84. The van der Waals surface area contributed by atoms with E-state index in [1.165, 1.54) is 6.07 Å². The zero-order chi connectivity index (χ0) is 15.6. The number of halogens is 4. The van der Waals surface area contributed by atoms with Crippen LogP contribution in [0.5, 0.6) is 0 Å². The molecule has 0 amide bonds. The molecule has 1 nitrogen and oxygen atoms in total. The zero-order valence-corrected chi connectivity index (χ0v) is 11.6. The molecular formula is C16H15F4N. The van der Waals surface area contributed by atoms with Gasteiger partial charge in [-0.15, -0.1) is 0 Å². The summed E-state index contributed by atoms with van der Waals surface area (Å²) in [5.41, 5.74) is 0.418. The van der Waals surface area contributed by atoms with Crippen LogP contribution < -0.4 is 5.32 Å². The quantitative estimate of drug-likeness (QED) is 0.825. The van der Waals surface area contributed by atoms with E-state index in [1.54, 1.807) is 38.2 Å². The molecule has 0 aliphatic carbocycles. The van der Waals surface area contributed by atoms with Crippen molar-refractivity contribution in [1.82, 2.24) is 5.32 Å². The van der Waals surface area contributed by atoms with Gasteiger partial charge in [0.05, 0.1) is 11.6 Å². The Kier molecular flexibility index (Phi) is 4.32. The van der Waals surface area contributed by atoms with E-state index in [0.717, 1.165) is 12.1 Å².